The molecule has 0 unspecified atom stereocenters. The number of nitrogens with one attached hydrogen (secondary N) is 1. The van der Waals surface area contributed by atoms with Crippen LogP contribution < -0.4 is 5.48 Å². The summed E-state index contributed by atoms with van der Waals surface area (Å²) in [6.07, 6.45) is 4.90. The highest BCUT2D eigenvalue weighted by Crippen LogP contribution is 2.39. The molecule has 1 saturated heterocycles. The van der Waals surface area contributed by atoms with Crippen LogP contribution in [0.2, 0.25) is 5.02 Å². The summed E-state index contributed by atoms with van der Waals surface area (Å²) in [6, 6.07) is 16.2. The molecular formula is C25H24ClN3O3S. The molecule has 1 aromatic heterocycles. The third kappa shape index (κ3) is 4.17. The number of benzene rings is 2. The lowest BCUT2D eigenvalue weighted by Gasteiger charge is -2.29. The van der Waals surface area contributed by atoms with Gasteiger partial charge in [-0.15, -0.1) is 0 Å². The van der Waals surface area contributed by atoms with Gasteiger partial charge in [-0.05, 0) is 84.8 Å². The van der Waals surface area contributed by atoms with Crippen LogP contribution in [-0.2, 0) is 22.9 Å². The molecule has 5 rings (SSSR count). The Morgan fingerprint density at radius 1 is 0.939 bits per heavy atom. The number of piperidine rings is 1. The molecule has 33 heavy (non-hydrogen) atoms. The van der Waals surface area contributed by atoms with E-state index in [1.54, 1.807) is 12.1 Å². The third-order valence-corrected chi connectivity index (χ3v) is 8.58. The highest BCUT2D eigenvalue weighted by Gasteiger charge is 2.30. The molecule has 8 heteroatoms. The van der Waals surface area contributed by atoms with Crippen molar-refractivity contribution in [1.82, 2.24) is 9.29 Å². The molecule has 6 nitrogen and oxygen atoms in total. The van der Waals surface area contributed by atoms with Crippen molar-refractivity contribution in [3.8, 4) is 0 Å². The summed E-state index contributed by atoms with van der Waals surface area (Å²) in [6.45, 7) is 0.818. The van der Waals surface area contributed by atoms with Crippen molar-refractivity contribution in [2.45, 2.75) is 30.6 Å². The largest absolute Gasteiger partial charge is 0.291 e. The van der Waals surface area contributed by atoms with Crippen molar-refractivity contribution in [2.24, 2.45) is 0 Å². The topological polar surface area (TPSA) is 82.5 Å². The Morgan fingerprint density at radius 2 is 1.67 bits per heavy atom. The summed E-state index contributed by atoms with van der Waals surface area (Å²) in [5.74, 6) is 0. The van der Waals surface area contributed by atoms with Crippen LogP contribution in [0.15, 0.2) is 71.3 Å². The van der Waals surface area contributed by atoms with E-state index in [9.17, 15) is 8.42 Å². The number of halogens is 1. The number of anilines is 1. The summed E-state index contributed by atoms with van der Waals surface area (Å²) in [5, 5.41) is 9.70. The Kier molecular flexibility index (Phi) is 5.97. The van der Waals surface area contributed by atoms with Crippen molar-refractivity contribution in [3.63, 3.8) is 0 Å². The van der Waals surface area contributed by atoms with Crippen LogP contribution in [0.1, 0.15) is 35.2 Å². The fourth-order valence-corrected chi connectivity index (χ4v) is 6.37. The summed E-state index contributed by atoms with van der Waals surface area (Å²) in [7, 11) is -3.61. The maximum atomic E-state index is 13.2. The van der Waals surface area contributed by atoms with Crippen molar-refractivity contribution in [1.29, 1.82) is 0 Å². The molecule has 0 amide bonds. The van der Waals surface area contributed by atoms with Crippen LogP contribution in [0.25, 0.3) is 5.57 Å². The van der Waals surface area contributed by atoms with Crippen molar-refractivity contribution >= 4 is 32.9 Å². The zero-order chi connectivity index (χ0) is 23.0. The molecule has 1 aliphatic heterocycles. The van der Waals surface area contributed by atoms with Gasteiger partial charge >= 0.3 is 0 Å². The van der Waals surface area contributed by atoms with Gasteiger partial charge in [-0.1, -0.05) is 29.3 Å². The number of nitrogens with zero attached hydrogens (tertiary/aromatic N) is 2. The molecule has 2 aromatic carbocycles. The van der Waals surface area contributed by atoms with Crippen LogP contribution in [0, 0.1) is 0 Å². The van der Waals surface area contributed by atoms with Crippen LogP contribution in [0.4, 0.5) is 5.69 Å². The monoisotopic (exact) mass is 481 g/mol. The molecule has 0 bridgehead atoms. The average molecular weight is 482 g/mol. The summed E-state index contributed by atoms with van der Waals surface area (Å²) >= 11 is 6.30. The zero-order valence-electron chi connectivity index (χ0n) is 18.0. The lowest BCUT2D eigenvalue weighted by Crippen LogP contribution is -2.36. The first-order valence-corrected chi connectivity index (χ1v) is 12.7. The average Bonchev–Trinajstić information content (AvgIpc) is 3.01. The number of pyridine rings is 1. The number of aryl methyl sites for hydroxylation is 2. The van der Waals surface area contributed by atoms with Gasteiger partial charge in [0.05, 0.1) is 16.3 Å². The van der Waals surface area contributed by atoms with Crippen molar-refractivity contribution in [2.75, 3.05) is 18.6 Å². The number of aromatic nitrogens is 1. The maximum absolute atomic E-state index is 13.2. The lowest BCUT2D eigenvalue weighted by atomic mass is 9.89. The third-order valence-electron chi connectivity index (χ3n) is 6.43. The Hall–Kier alpha value is -2.71. The first-order chi connectivity index (χ1) is 16.0. The van der Waals surface area contributed by atoms with Crippen LogP contribution in [-0.4, -0.2) is 36.0 Å². The molecule has 2 N–H and O–H groups in total. The second-order valence-electron chi connectivity index (χ2n) is 8.33. The minimum atomic E-state index is -3.61. The Labute approximate surface area is 198 Å². The van der Waals surface area contributed by atoms with Gasteiger partial charge in [0.1, 0.15) is 0 Å². The van der Waals surface area contributed by atoms with E-state index < -0.39 is 10.0 Å². The molecule has 170 valence electrons. The number of hydrogen-bond donors (Lipinski definition) is 2. The smallest absolute Gasteiger partial charge is 0.243 e. The number of rotatable bonds is 3. The van der Waals surface area contributed by atoms with E-state index in [0.29, 0.717) is 31.6 Å². The Morgan fingerprint density at radius 3 is 2.39 bits per heavy atom. The molecule has 0 spiro atoms. The minimum absolute atomic E-state index is 0.221. The first-order valence-electron chi connectivity index (χ1n) is 10.9. The molecule has 3 aromatic rings. The van der Waals surface area contributed by atoms with E-state index in [-0.39, 0.29) is 4.90 Å². The molecule has 1 fully saturated rings. The number of sulfonamides is 1. The van der Waals surface area contributed by atoms with Gasteiger partial charge < -0.3 is 0 Å². The fraction of sp³-hybridized carbons (Fsp3) is 0.240. The molecule has 0 radical (unpaired) electrons. The maximum Gasteiger partial charge on any atom is 0.243 e. The molecular weight excluding hydrogens is 458 g/mol. The standard InChI is InChI=1S/C25H24ClN3O3S/c26-20-5-10-23-19(16-20)4-3-18-2-1-13-27-25(18)24(23)17-11-14-29(15-12-17)33(31,32)22-8-6-21(28-30)7-9-22/h1-2,5-10,13,16,28,30H,3-4,11-12,14-15H2. The van der Waals surface area contributed by atoms with E-state index in [1.807, 2.05) is 29.9 Å². The molecule has 0 saturated carbocycles. The van der Waals surface area contributed by atoms with Gasteiger partial charge in [0.15, 0.2) is 0 Å². The molecule has 2 heterocycles. The van der Waals surface area contributed by atoms with Gasteiger partial charge in [-0.3, -0.25) is 15.7 Å². The van der Waals surface area contributed by atoms with Gasteiger partial charge in [-0.2, -0.15) is 4.31 Å². The van der Waals surface area contributed by atoms with Crippen LogP contribution >= 0.6 is 11.6 Å². The first kappa shape index (κ1) is 22.1. The fourth-order valence-electron chi connectivity index (χ4n) is 4.73. The lowest BCUT2D eigenvalue weighted by molar-refractivity contribution is 0.386. The van der Waals surface area contributed by atoms with Gasteiger partial charge in [-0.25, -0.2) is 8.42 Å². The van der Waals surface area contributed by atoms with Gasteiger partial charge in [0.2, 0.25) is 10.0 Å². The molecule has 0 atom stereocenters. The SMILES string of the molecule is O=S(=O)(c1ccc(NO)cc1)N1CCC(=C2c3ccc(Cl)cc3CCc3cccnc32)CC1. The van der Waals surface area contributed by atoms with E-state index in [1.165, 1.54) is 33.1 Å². The second-order valence-corrected chi connectivity index (χ2v) is 10.7. The van der Waals surface area contributed by atoms with Gasteiger partial charge in [0.25, 0.3) is 0 Å². The van der Waals surface area contributed by atoms with Crippen molar-refractivity contribution < 1.29 is 13.6 Å². The van der Waals surface area contributed by atoms with Gasteiger partial charge in [0, 0.05) is 29.9 Å². The normalized spacial score (nSPS) is 16.7. The Bertz CT molecular complexity index is 1330. The predicted molar refractivity (Wildman–Crippen MR) is 129 cm³/mol. The van der Waals surface area contributed by atoms with Crippen LogP contribution in [0.5, 0.6) is 0 Å². The quantitative estimate of drug-likeness (QED) is 0.519. The van der Waals surface area contributed by atoms with E-state index in [2.05, 4.69) is 12.1 Å². The van der Waals surface area contributed by atoms with Crippen molar-refractivity contribution in [3.05, 3.63) is 93.8 Å². The minimum Gasteiger partial charge on any atom is -0.291 e. The van der Waals surface area contributed by atoms with E-state index >= 15 is 0 Å². The molecule has 2 aliphatic rings. The highest BCUT2D eigenvalue weighted by atomic mass is 35.5. The number of fused-ring (bicyclic) bond motifs is 2. The highest BCUT2D eigenvalue weighted by molar-refractivity contribution is 7.89. The zero-order valence-corrected chi connectivity index (χ0v) is 19.5. The predicted octanol–water partition coefficient (Wildman–Crippen LogP) is 4.92. The summed E-state index contributed by atoms with van der Waals surface area (Å²) in [5.41, 5.74) is 9.38. The number of hydrogen-bond acceptors (Lipinski definition) is 5. The van der Waals surface area contributed by atoms with E-state index in [4.69, 9.17) is 21.8 Å². The second kappa shape index (κ2) is 8.91. The Balaban J connectivity index is 1.50. The summed E-state index contributed by atoms with van der Waals surface area (Å²) in [4.78, 5) is 4.96. The molecule has 1 aliphatic carbocycles. The summed E-state index contributed by atoms with van der Waals surface area (Å²) < 4.78 is 27.9. The van der Waals surface area contributed by atoms with Crippen LogP contribution in [0.3, 0.4) is 0 Å². The van der Waals surface area contributed by atoms with E-state index in [0.717, 1.165) is 34.7 Å².